The van der Waals surface area contributed by atoms with Gasteiger partial charge in [-0.3, -0.25) is 9.79 Å². The highest BCUT2D eigenvalue weighted by Gasteiger charge is 2.04. The Labute approximate surface area is 193 Å². The number of nitrogens with one attached hydrogen (secondary N) is 3. The van der Waals surface area contributed by atoms with Crippen molar-refractivity contribution in [1.29, 1.82) is 0 Å². The number of halogens is 1. The van der Waals surface area contributed by atoms with Gasteiger partial charge in [-0.05, 0) is 41.8 Å². The van der Waals surface area contributed by atoms with E-state index >= 15 is 0 Å². The largest absolute Gasteiger partial charge is 0.356 e. The molecule has 3 aromatic rings. The van der Waals surface area contributed by atoms with Crippen LogP contribution in [-0.2, 0) is 13.0 Å². The van der Waals surface area contributed by atoms with Gasteiger partial charge in [-0.2, -0.15) is 5.10 Å². The van der Waals surface area contributed by atoms with E-state index in [9.17, 15) is 4.79 Å². The molecule has 0 saturated heterocycles. The standard InChI is InChI=1S/C21H25N7O.HI/c1-22-20(29)18-5-3-4-16(12-18)10-11-25-21(23-2)26-13-17-6-8-19(9-7-17)28-15-24-14-27-28;/h3-9,12,14-15H,10-11,13H2,1-2H3,(H,22,29)(H2,23,25,26);1H. The molecule has 8 nitrogen and oxygen atoms in total. The molecule has 0 saturated carbocycles. The number of benzene rings is 2. The highest BCUT2D eigenvalue weighted by Crippen LogP contribution is 2.08. The molecule has 2 aromatic carbocycles. The van der Waals surface area contributed by atoms with Crippen LogP contribution in [0, 0.1) is 0 Å². The van der Waals surface area contributed by atoms with Gasteiger partial charge in [0.2, 0.25) is 0 Å². The van der Waals surface area contributed by atoms with Gasteiger partial charge in [0.05, 0.1) is 5.69 Å². The zero-order chi connectivity index (χ0) is 20.5. The van der Waals surface area contributed by atoms with Crippen molar-refractivity contribution in [2.45, 2.75) is 13.0 Å². The van der Waals surface area contributed by atoms with Gasteiger partial charge in [-0.1, -0.05) is 24.3 Å². The van der Waals surface area contributed by atoms with E-state index in [0.717, 1.165) is 29.2 Å². The lowest BCUT2D eigenvalue weighted by atomic mass is 10.1. The first-order valence-electron chi connectivity index (χ1n) is 9.39. The molecule has 3 rings (SSSR count). The van der Waals surface area contributed by atoms with Crippen molar-refractivity contribution in [3.63, 3.8) is 0 Å². The molecule has 158 valence electrons. The maximum Gasteiger partial charge on any atom is 0.251 e. The van der Waals surface area contributed by atoms with Crippen LogP contribution in [0.3, 0.4) is 0 Å². The summed E-state index contributed by atoms with van der Waals surface area (Å²) in [7, 11) is 3.38. The number of carbonyl (C=O) groups is 1. The minimum Gasteiger partial charge on any atom is -0.356 e. The smallest absolute Gasteiger partial charge is 0.251 e. The third-order valence-electron chi connectivity index (χ3n) is 4.43. The van der Waals surface area contributed by atoms with Crippen LogP contribution in [-0.4, -0.2) is 47.3 Å². The second-order valence-corrected chi connectivity index (χ2v) is 6.39. The fourth-order valence-corrected chi connectivity index (χ4v) is 2.85. The van der Waals surface area contributed by atoms with Gasteiger partial charge in [-0.25, -0.2) is 9.67 Å². The molecule has 0 aliphatic carbocycles. The molecule has 9 heteroatoms. The van der Waals surface area contributed by atoms with E-state index in [-0.39, 0.29) is 29.9 Å². The van der Waals surface area contributed by atoms with Gasteiger partial charge < -0.3 is 16.0 Å². The number of aliphatic imine (C=N–C) groups is 1. The summed E-state index contributed by atoms with van der Waals surface area (Å²) < 4.78 is 1.72. The van der Waals surface area contributed by atoms with Crippen LogP contribution in [0.15, 0.2) is 66.2 Å². The van der Waals surface area contributed by atoms with Crippen molar-refractivity contribution in [1.82, 2.24) is 30.7 Å². The summed E-state index contributed by atoms with van der Waals surface area (Å²) in [4.78, 5) is 20.0. The predicted octanol–water partition coefficient (Wildman–Crippen LogP) is 2.15. The first kappa shape index (κ1) is 23.3. The first-order valence-corrected chi connectivity index (χ1v) is 9.39. The quantitative estimate of drug-likeness (QED) is 0.253. The molecule has 0 aliphatic rings. The van der Waals surface area contributed by atoms with Crippen LogP contribution < -0.4 is 16.0 Å². The molecule has 3 N–H and O–H groups in total. The molecule has 0 atom stereocenters. The average molecular weight is 519 g/mol. The SMILES string of the molecule is CN=C(NCCc1cccc(C(=O)NC)c1)NCc1ccc(-n2cncn2)cc1.I. The number of carbonyl (C=O) groups excluding carboxylic acids is 1. The Bertz CT molecular complexity index is 956. The van der Waals surface area contributed by atoms with Crippen molar-refractivity contribution in [2.24, 2.45) is 4.99 Å². The number of amides is 1. The van der Waals surface area contributed by atoms with Crippen molar-refractivity contribution >= 4 is 35.8 Å². The number of aromatic nitrogens is 3. The van der Waals surface area contributed by atoms with E-state index in [1.54, 1.807) is 25.1 Å². The van der Waals surface area contributed by atoms with Gasteiger partial charge >= 0.3 is 0 Å². The lowest BCUT2D eigenvalue weighted by molar-refractivity contribution is 0.0963. The third kappa shape index (κ3) is 6.55. The lowest BCUT2D eigenvalue weighted by Gasteiger charge is -2.12. The van der Waals surface area contributed by atoms with Gasteiger partial charge in [0, 0.05) is 32.7 Å². The molecule has 0 spiro atoms. The molecular weight excluding hydrogens is 493 g/mol. The van der Waals surface area contributed by atoms with Gasteiger partial charge in [0.1, 0.15) is 12.7 Å². The number of hydrogen-bond acceptors (Lipinski definition) is 4. The predicted molar refractivity (Wildman–Crippen MR) is 129 cm³/mol. The molecule has 1 amide bonds. The summed E-state index contributed by atoms with van der Waals surface area (Å²) in [5.41, 5.74) is 3.86. The number of guanidine groups is 1. The maximum atomic E-state index is 11.7. The van der Waals surface area contributed by atoms with Crippen LogP contribution in [0.1, 0.15) is 21.5 Å². The Morgan fingerprint density at radius 3 is 2.57 bits per heavy atom. The molecule has 0 unspecified atom stereocenters. The summed E-state index contributed by atoms with van der Waals surface area (Å²) in [5.74, 6) is 0.653. The van der Waals surface area contributed by atoms with Crippen molar-refractivity contribution in [2.75, 3.05) is 20.6 Å². The average Bonchev–Trinajstić information content (AvgIpc) is 3.31. The molecule has 1 aromatic heterocycles. The Morgan fingerprint density at radius 1 is 1.10 bits per heavy atom. The van der Waals surface area contributed by atoms with E-state index in [4.69, 9.17) is 0 Å². The van der Waals surface area contributed by atoms with Crippen molar-refractivity contribution in [3.8, 4) is 5.69 Å². The Hall–Kier alpha value is -2.95. The topological polar surface area (TPSA) is 96.2 Å². The maximum absolute atomic E-state index is 11.7. The number of nitrogens with zero attached hydrogens (tertiary/aromatic N) is 4. The minimum atomic E-state index is -0.0767. The summed E-state index contributed by atoms with van der Waals surface area (Å²) >= 11 is 0. The molecule has 0 fully saturated rings. The minimum absolute atomic E-state index is 0. The summed E-state index contributed by atoms with van der Waals surface area (Å²) in [6.45, 7) is 1.37. The van der Waals surface area contributed by atoms with E-state index in [2.05, 4.69) is 31.0 Å². The molecule has 0 bridgehead atoms. The van der Waals surface area contributed by atoms with Gasteiger partial charge in [0.15, 0.2) is 5.96 Å². The first-order chi connectivity index (χ1) is 14.2. The summed E-state index contributed by atoms with van der Waals surface area (Å²) in [6, 6.07) is 15.7. The lowest BCUT2D eigenvalue weighted by Crippen LogP contribution is -2.37. The molecular formula is C21H26IN7O. The molecule has 0 radical (unpaired) electrons. The fraction of sp³-hybridized carbons (Fsp3) is 0.238. The fourth-order valence-electron chi connectivity index (χ4n) is 2.85. The second kappa shape index (κ2) is 11.9. The van der Waals surface area contributed by atoms with Crippen LogP contribution in [0.25, 0.3) is 5.69 Å². The normalized spacial score (nSPS) is 10.8. The number of rotatable bonds is 7. The molecule has 30 heavy (non-hydrogen) atoms. The Kier molecular flexibility index (Phi) is 9.26. The van der Waals surface area contributed by atoms with E-state index < -0.39 is 0 Å². The van der Waals surface area contributed by atoms with E-state index in [1.807, 2.05) is 48.5 Å². The summed E-state index contributed by atoms with van der Waals surface area (Å²) in [6.07, 6.45) is 3.97. The molecule has 1 heterocycles. The van der Waals surface area contributed by atoms with Gasteiger partial charge in [0.25, 0.3) is 5.91 Å². The van der Waals surface area contributed by atoms with Crippen LogP contribution >= 0.6 is 24.0 Å². The van der Waals surface area contributed by atoms with Crippen LogP contribution in [0.4, 0.5) is 0 Å². The Balaban J connectivity index is 0.00000320. The van der Waals surface area contributed by atoms with Crippen molar-refractivity contribution in [3.05, 3.63) is 77.9 Å². The van der Waals surface area contributed by atoms with Crippen LogP contribution in [0.2, 0.25) is 0 Å². The Morgan fingerprint density at radius 2 is 1.90 bits per heavy atom. The highest BCUT2D eigenvalue weighted by atomic mass is 127. The zero-order valence-corrected chi connectivity index (χ0v) is 19.3. The molecule has 0 aliphatic heterocycles. The number of hydrogen-bond donors (Lipinski definition) is 3. The van der Waals surface area contributed by atoms with Crippen molar-refractivity contribution < 1.29 is 4.79 Å². The zero-order valence-electron chi connectivity index (χ0n) is 17.0. The highest BCUT2D eigenvalue weighted by molar-refractivity contribution is 14.0. The van der Waals surface area contributed by atoms with E-state index in [1.165, 1.54) is 6.33 Å². The van der Waals surface area contributed by atoms with E-state index in [0.29, 0.717) is 18.7 Å². The monoisotopic (exact) mass is 519 g/mol. The summed E-state index contributed by atoms with van der Waals surface area (Å²) in [5, 5.41) is 13.4. The van der Waals surface area contributed by atoms with Gasteiger partial charge in [-0.15, -0.1) is 24.0 Å². The third-order valence-corrected chi connectivity index (χ3v) is 4.43. The second-order valence-electron chi connectivity index (χ2n) is 6.39. The van der Waals surface area contributed by atoms with Crippen LogP contribution in [0.5, 0.6) is 0 Å².